The van der Waals surface area contributed by atoms with Gasteiger partial charge in [0.05, 0.1) is 12.3 Å². The molecule has 2 heterocycles. The number of rotatable bonds is 1. The number of aromatic nitrogens is 1. The number of benzene rings is 1. The first-order chi connectivity index (χ1) is 8.16. The molecule has 1 saturated heterocycles. The third kappa shape index (κ3) is 1.45. The van der Waals surface area contributed by atoms with Crippen LogP contribution in [-0.4, -0.2) is 16.5 Å². The Balaban J connectivity index is 2.17. The van der Waals surface area contributed by atoms with E-state index in [1.54, 1.807) is 0 Å². The lowest BCUT2D eigenvalue weighted by molar-refractivity contribution is -0.152. The van der Waals surface area contributed by atoms with Crippen LogP contribution in [0.4, 0.5) is 0 Å². The van der Waals surface area contributed by atoms with Gasteiger partial charge in [0, 0.05) is 24.1 Å². The summed E-state index contributed by atoms with van der Waals surface area (Å²) in [6.07, 6.45) is 2.09. The first kappa shape index (κ1) is 10.1. The minimum atomic E-state index is -0.450. The highest BCUT2D eigenvalue weighted by Gasteiger charge is 2.35. The van der Waals surface area contributed by atoms with Crippen LogP contribution < -0.4 is 0 Å². The Morgan fingerprint density at radius 2 is 2.12 bits per heavy atom. The fraction of sp³-hybridized carbons (Fsp3) is 0.231. The minimum Gasteiger partial charge on any atom is -0.393 e. The van der Waals surface area contributed by atoms with E-state index >= 15 is 0 Å². The zero-order valence-corrected chi connectivity index (χ0v) is 9.34. The molecule has 17 heavy (non-hydrogen) atoms. The van der Waals surface area contributed by atoms with E-state index < -0.39 is 17.9 Å². The molecule has 0 radical (unpaired) electrons. The van der Waals surface area contributed by atoms with Gasteiger partial charge in [-0.05, 0) is 17.7 Å². The summed E-state index contributed by atoms with van der Waals surface area (Å²) in [6.45, 7) is 0. The summed E-state index contributed by atoms with van der Waals surface area (Å²) < 4.78 is 6.59. The second kappa shape index (κ2) is 3.45. The van der Waals surface area contributed by atoms with Crippen molar-refractivity contribution in [2.45, 2.75) is 12.3 Å². The number of nitrogens with zero attached hydrogens (tertiary/aromatic N) is 1. The smallest absolute Gasteiger partial charge is 0.321 e. The molecule has 4 heteroatoms. The summed E-state index contributed by atoms with van der Waals surface area (Å²) in [5, 5.41) is 1.01. The summed E-state index contributed by atoms with van der Waals surface area (Å²) in [5.41, 5.74) is 1.92. The summed E-state index contributed by atoms with van der Waals surface area (Å²) in [6, 6.07) is 7.72. The summed E-state index contributed by atoms with van der Waals surface area (Å²) in [7, 11) is 1.95. The SMILES string of the molecule is Cn1ccc2c(C3CC(=O)OC3=O)cccc21. The fourth-order valence-corrected chi connectivity index (χ4v) is 2.34. The summed E-state index contributed by atoms with van der Waals surface area (Å²) >= 11 is 0. The molecule has 0 N–H and O–H groups in total. The van der Waals surface area contributed by atoms with Gasteiger partial charge in [-0.2, -0.15) is 0 Å². The fourth-order valence-electron chi connectivity index (χ4n) is 2.34. The van der Waals surface area contributed by atoms with Crippen molar-refractivity contribution in [3.05, 3.63) is 36.0 Å². The molecule has 1 fully saturated rings. The molecule has 0 amide bonds. The molecule has 0 saturated carbocycles. The molecule has 1 atom stereocenters. The van der Waals surface area contributed by atoms with Crippen molar-refractivity contribution in [3.63, 3.8) is 0 Å². The molecule has 4 nitrogen and oxygen atoms in total. The molecular formula is C13H11NO3. The van der Waals surface area contributed by atoms with Crippen molar-refractivity contribution in [1.82, 2.24) is 4.57 Å². The Labute approximate surface area is 97.8 Å². The van der Waals surface area contributed by atoms with Gasteiger partial charge in [0.2, 0.25) is 0 Å². The number of carbonyl (C=O) groups is 2. The van der Waals surface area contributed by atoms with Crippen LogP contribution in [0, 0.1) is 0 Å². The molecule has 0 spiro atoms. The lowest BCUT2D eigenvalue weighted by Gasteiger charge is -2.07. The molecule has 1 aromatic carbocycles. The third-order valence-electron chi connectivity index (χ3n) is 3.21. The van der Waals surface area contributed by atoms with E-state index in [1.165, 1.54) is 0 Å². The number of hydrogen-bond acceptors (Lipinski definition) is 3. The number of carbonyl (C=O) groups excluding carboxylic acids is 2. The van der Waals surface area contributed by atoms with Gasteiger partial charge in [0.25, 0.3) is 0 Å². The van der Waals surface area contributed by atoms with Gasteiger partial charge in [-0.1, -0.05) is 12.1 Å². The van der Waals surface area contributed by atoms with E-state index in [-0.39, 0.29) is 6.42 Å². The highest BCUT2D eigenvalue weighted by Crippen LogP contribution is 2.32. The largest absolute Gasteiger partial charge is 0.393 e. The third-order valence-corrected chi connectivity index (χ3v) is 3.21. The molecule has 0 bridgehead atoms. The molecule has 1 aliphatic heterocycles. The summed E-state index contributed by atoms with van der Waals surface area (Å²) in [5.74, 6) is -1.33. The van der Waals surface area contributed by atoms with Crippen molar-refractivity contribution in [2.75, 3.05) is 0 Å². The van der Waals surface area contributed by atoms with E-state index in [4.69, 9.17) is 0 Å². The van der Waals surface area contributed by atoms with E-state index in [2.05, 4.69) is 4.74 Å². The average Bonchev–Trinajstić information content (AvgIpc) is 2.83. The average molecular weight is 229 g/mol. The van der Waals surface area contributed by atoms with Crippen molar-refractivity contribution < 1.29 is 14.3 Å². The van der Waals surface area contributed by atoms with Gasteiger partial charge in [-0.25, -0.2) is 0 Å². The Morgan fingerprint density at radius 1 is 1.29 bits per heavy atom. The second-order valence-corrected chi connectivity index (χ2v) is 4.26. The van der Waals surface area contributed by atoms with Gasteiger partial charge >= 0.3 is 11.9 Å². The molecule has 1 aliphatic rings. The lowest BCUT2D eigenvalue weighted by atomic mass is 9.94. The number of cyclic esters (lactones) is 2. The zero-order chi connectivity index (χ0) is 12.0. The van der Waals surface area contributed by atoms with Crippen molar-refractivity contribution >= 4 is 22.8 Å². The molecule has 0 aliphatic carbocycles. The van der Waals surface area contributed by atoms with Crippen molar-refractivity contribution in [3.8, 4) is 0 Å². The van der Waals surface area contributed by atoms with Crippen LogP contribution in [0.1, 0.15) is 17.9 Å². The Hall–Kier alpha value is -2.10. The van der Waals surface area contributed by atoms with Crippen LogP contribution in [-0.2, 0) is 21.4 Å². The maximum Gasteiger partial charge on any atom is 0.321 e. The highest BCUT2D eigenvalue weighted by atomic mass is 16.6. The number of ether oxygens (including phenoxy) is 1. The Morgan fingerprint density at radius 3 is 2.82 bits per heavy atom. The van der Waals surface area contributed by atoms with Gasteiger partial charge in [0.15, 0.2) is 0 Å². The normalized spacial score (nSPS) is 19.9. The van der Waals surface area contributed by atoms with Crippen LogP contribution in [0.2, 0.25) is 0 Å². The number of fused-ring (bicyclic) bond motifs is 1. The Kier molecular flexibility index (Phi) is 2.04. The lowest BCUT2D eigenvalue weighted by Crippen LogP contribution is -2.05. The van der Waals surface area contributed by atoms with Crippen LogP contribution in [0.15, 0.2) is 30.5 Å². The van der Waals surface area contributed by atoms with E-state index in [0.717, 1.165) is 16.5 Å². The first-order valence-corrected chi connectivity index (χ1v) is 5.45. The van der Waals surface area contributed by atoms with Gasteiger partial charge in [-0.15, -0.1) is 0 Å². The predicted octanol–water partition coefficient (Wildman–Crippen LogP) is 1.74. The van der Waals surface area contributed by atoms with E-state index in [9.17, 15) is 9.59 Å². The van der Waals surface area contributed by atoms with Crippen LogP contribution in [0.5, 0.6) is 0 Å². The quantitative estimate of drug-likeness (QED) is 0.552. The van der Waals surface area contributed by atoms with Crippen molar-refractivity contribution in [2.24, 2.45) is 7.05 Å². The molecular weight excluding hydrogens is 218 g/mol. The number of aryl methyl sites for hydroxylation is 1. The molecule has 3 rings (SSSR count). The standard InChI is InChI=1S/C13H11NO3/c1-14-6-5-9-8(3-2-4-11(9)14)10-7-12(15)17-13(10)16/h2-6,10H,7H2,1H3. The zero-order valence-electron chi connectivity index (χ0n) is 9.34. The van der Waals surface area contributed by atoms with Crippen LogP contribution in [0.25, 0.3) is 10.9 Å². The van der Waals surface area contributed by atoms with Crippen LogP contribution in [0.3, 0.4) is 0 Å². The highest BCUT2D eigenvalue weighted by molar-refractivity contribution is 6.00. The minimum absolute atomic E-state index is 0.146. The molecule has 2 aromatic rings. The van der Waals surface area contributed by atoms with Gasteiger partial charge < -0.3 is 9.30 Å². The molecule has 1 aromatic heterocycles. The first-order valence-electron chi connectivity index (χ1n) is 5.45. The second-order valence-electron chi connectivity index (χ2n) is 4.26. The Bertz CT molecular complexity index is 627. The monoisotopic (exact) mass is 229 g/mol. The predicted molar refractivity (Wildman–Crippen MR) is 61.4 cm³/mol. The molecule has 1 unspecified atom stereocenters. The topological polar surface area (TPSA) is 48.3 Å². The van der Waals surface area contributed by atoms with Crippen molar-refractivity contribution in [1.29, 1.82) is 0 Å². The molecule has 86 valence electrons. The van der Waals surface area contributed by atoms with E-state index in [0.29, 0.717) is 0 Å². The number of hydrogen-bond donors (Lipinski definition) is 0. The van der Waals surface area contributed by atoms with E-state index in [1.807, 2.05) is 42.1 Å². The number of esters is 2. The maximum absolute atomic E-state index is 11.6. The van der Waals surface area contributed by atoms with Gasteiger partial charge in [-0.3, -0.25) is 9.59 Å². The van der Waals surface area contributed by atoms with Gasteiger partial charge in [0.1, 0.15) is 0 Å². The van der Waals surface area contributed by atoms with Crippen LogP contribution >= 0.6 is 0 Å². The maximum atomic E-state index is 11.6. The summed E-state index contributed by atoms with van der Waals surface area (Å²) in [4.78, 5) is 22.7.